The van der Waals surface area contributed by atoms with Gasteiger partial charge in [-0.05, 0) is 50.2 Å². The molecule has 1 saturated heterocycles. The van der Waals surface area contributed by atoms with Gasteiger partial charge in [-0.15, -0.1) is 0 Å². The number of benzene rings is 1. The lowest BCUT2D eigenvalue weighted by molar-refractivity contribution is -0.147. The third-order valence-electron chi connectivity index (χ3n) is 6.94. The minimum absolute atomic E-state index is 0.0295. The molecule has 2 atom stereocenters. The van der Waals surface area contributed by atoms with Crippen LogP contribution in [0.25, 0.3) is 0 Å². The first-order chi connectivity index (χ1) is 18.8. The van der Waals surface area contributed by atoms with Crippen molar-refractivity contribution in [3.8, 4) is 5.75 Å². The fourth-order valence-electron chi connectivity index (χ4n) is 4.42. The Morgan fingerprint density at radius 2 is 1.74 bits per heavy atom. The zero-order valence-corrected chi connectivity index (χ0v) is 24.8. The van der Waals surface area contributed by atoms with E-state index in [1.54, 1.807) is 29.2 Å². The minimum atomic E-state index is -0.827. The summed E-state index contributed by atoms with van der Waals surface area (Å²) in [5.41, 5.74) is 0.395. The van der Waals surface area contributed by atoms with Crippen LogP contribution >= 0.6 is 12.2 Å². The zero-order valence-electron chi connectivity index (χ0n) is 24.0. The van der Waals surface area contributed by atoms with E-state index >= 15 is 0 Å². The lowest BCUT2D eigenvalue weighted by Gasteiger charge is -2.36. The smallest absolute Gasteiger partial charge is 0.308 e. The number of hydrogen-bond acceptors (Lipinski definition) is 6. The van der Waals surface area contributed by atoms with Gasteiger partial charge in [-0.1, -0.05) is 77.7 Å². The number of rotatable bonds is 17. The van der Waals surface area contributed by atoms with Crippen LogP contribution in [0.2, 0.25) is 0 Å². The molecule has 0 radical (unpaired) electrons. The minimum Gasteiger partial charge on any atom is -0.491 e. The number of carbonyl (C=O) groups excluding carboxylic acids is 3. The summed E-state index contributed by atoms with van der Waals surface area (Å²) in [4.78, 5) is 39.6. The molecule has 1 heterocycles. The molecule has 2 N–H and O–H groups in total. The standard InChI is InChI=1S/C30H47N3O5S/c1-4-6-7-8-9-10-11-12-13-14-20-37-27(34)22-26-29(36)31-18-19-33(26)30(39)32-28(35)24-16-15-17-25(21-24)38-23(3)5-2/h15-17,21,23,26H,4-14,18-20,22H2,1-3H3,(H,31,36)(H,32,35,39). The molecule has 2 amide bonds. The van der Waals surface area contributed by atoms with Crippen molar-refractivity contribution in [3.05, 3.63) is 29.8 Å². The van der Waals surface area contributed by atoms with E-state index in [1.807, 2.05) is 13.8 Å². The Bertz CT molecular complexity index is 926. The van der Waals surface area contributed by atoms with Crippen LogP contribution in [0.5, 0.6) is 5.75 Å². The van der Waals surface area contributed by atoms with Gasteiger partial charge in [0, 0.05) is 18.7 Å². The van der Waals surface area contributed by atoms with Crippen molar-refractivity contribution < 1.29 is 23.9 Å². The molecule has 1 aromatic carbocycles. The molecule has 8 nitrogen and oxygen atoms in total. The third kappa shape index (κ3) is 12.4. The molecule has 1 aliphatic heterocycles. The van der Waals surface area contributed by atoms with E-state index in [1.165, 1.54) is 44.9 Å². The average Bonchev–Trinajstić information content (AvgIpc) is 2.92. The van der Waals surface area contributed by atoms with E-state index < -0.39 is 17.9 Å². The van der Waals surface area contributed by atoms with E-state index in [2.05, 4.69) is 17.6 Å². The van der Waals surface area contributed by atoms with E-state index in [0.717, 1.165) is 25.7 Å². The molecule has 2 rings (SSSR count). The first kappa shape index (κ1) is 32.5. The van der Waals surface area contributed by atoms with E-state index in [-0.39, 0.29) is 23.5 Å². The second-order valence-corrected chi connectivity index (χ2v) is 10.6. The fraction of sp³-hybridized carbons (Fsp3) is 0.667. The zero-order chi connectivity index (χ0) is 28.5. The van der Waals surface area contributed by atoms with Gasteiger partial charge in [-0.3, -0.25) is 19.7 Å². The number of amides is 2. The van der Waals surface area contributed by atoms with Gasteiger partial charge in [0.05, 0.1) is 19.1 Å². The second kappa shape index (κ2) is 18.6. The lowest BCUT2D eigenvalue weighted by Crippen LogP contribution is -2.60. The van der Waals surface area contributed by atoms with Gasteiger partial charge < -0.3 is 19.7 Å². The Morgan fingerprint density at radius 3 is 2.41 bits per heavy atom. The molecule has 0 bridgehead atoms. The predicted molar refractivity (Wildman–Crippen MR) is 158 cm³/mol. The number of piperazine rings is 1. The van der Waals surface area contributed by atoms with Crippen LogP contribution in [0.15, 0.2) is 24.3 Å². The maximum Gasteiger partial charge on any atom is 0.308 e. The number of nitrogens with zero attached hydrogens (tertiary/aromatic N) is 1. The third-order valence-corrected chi connectivity index (χ3v) is 7.28. The van der Waals surface area contributed by atoms with Gasteiger partial charge in [0.15, 0.2) is 5.11 Å². The largest absolute Gasteiger partial charge is 0.491 e. The Kier molecular flexibility index (Phi) is 15.5. The summed E-state index contributed by atoms with van der Waals surface area (Å²) in [6.45, 7) is 7.33. The number of esters is 1. The maximum absolute atomic E-state index is 12.9. The van der Waals surface area contributed by atoms with Gasteiger partial charge in [0.1, 0.15) is 11.8 Å². The van der Waals surface area contributed by atoms with Crippen molar-refractivity contribution in [2.24, 2.45) is 0 Å². The Morgan fingerprint density at radius 1 is 1.08 bits per heavy atom. The van der Waals surface area contributed by atoms with Crippen molar-refractivity contribution in [2.45, 2.75) is 110 Å². The molecule has 0 spiro atoms. The van der Waals surface area contributed by atoms with Gasteiger partial charge in [0.2, 0.25) is 5.91 Å². The van der Waals surface area contributed by atoms with Crippen molar-refractivity contribution >= 4 is 35.1 Å². The predicted octanol–water partition coefficient (Wildman–Crippen LogP) is 5.53. The van der Waals surface area contributed by atoms with Crippen LogP contribution in [0.1, 0.15) is 108 Å². The summed E-state index contributed by atoms with van der Waals surface area (Å²) in [6, 6.07) is 6.06. The summed E-state index contributed by atoms with van der Waals surface area (Å²) >= 11 is 5.47. The SMILES string of the molecule is CCCCCCCCCCCCOC(=O)CC1C(=O)NCCN1C(=S)NC(=O)c1cccc(OC(C)CC)c1. The summed E-state index contributed by atoms with van der Waals surface area (Å²) in [5, 5.41) is 5.59. The fourth-order valence-corrected chi connectivity index (χ4v) is 4.73. The van der Waals surface area contributed by atoms with Crippen LogP contribution in [-0.4, -0.2) is 59.6 Å². The Hall–Kier alpha value is -2.68. The summed E-state index contributed by atoms with van der Waals surface area (Å²) in [7, 11) is 0. The highest BCUT2D eigenvalue weighted by atomic mass is 32.1. The highest BCUT2D eigenvalue weighted by molar-refractivity contribution is 7.80. The van der Waals surface area contributed by atoms with Crippen molar-refractivity contribution in [1.82, 2.24) is 15.5 Å². The maximum atomic E-state index is 12.9. The number of thiocarbonyl (C=S) groups is 1. The quantitative estimate of drug-likeness (QED) is 0.147. The van der Waals surface area contributed by atoms with Crippen LogP contribution < -0.4 is 15.4 Å². The van der Waals surface area contributed by atoms with Crippen LogP contribution in [-0.2, 0) is 14.3 Å². The average molecular weight is 562 g/mol. The van der Waals surface area contributed by atoms with Crippen molar-refractivity contribution in [3.63, 3.8) is 0 Å². The number of ether oxygens (including phenoxy) is 2. The molecule has 0 aliphatic carbocycles. The molecule has 39 heavy (non-hydrogen) atoms. The van der Waals surface area contributed by atoms with E-state index in [4.69, 9.17) is 21.7 Å². The van der Waals surface area contributed by atoms with Gasteiger partial charge in [-0.25, -0.2) is 0 Å². The molecule has 1 fully saturated rings. The number of hydrogen-bond donors (Lipinski definition) is 2. The van der Waals surface area contributed by atoms with Crippen LogP contribution in [0, 0.1) is 0 Å². The van der Waals surface area contributed by atoms with E-state index in [9.17, 15) is 14.4 Å². The summed E-state index contributed by atoms with van der Waals surface area (Å²) < 4.78 is 11.2. The molecule has 1 aromatic rings. The van der Waals surface area contributed by atoms with Crippen LogP contribution in [0.3, 0.4) is 0 Å². The molecular formula is C30H47N3O5S. The molecule has 9 heteroatoms. The summed E-state index contributed by atoms with van der Waals surface area (Å²) in [6.07, 6.45) is 12.8. The first-order valence-corrected chi connectivity index (χ1v) is 15.1. The molecular weight excluding hydrogens is 514 g/mol. The molecule has 1 aliphatic rings. The van der Waals surface area contributed by atoms with Crippen molar-refractivity contribution in [1.29, 1.82) is 0 Å². The van der Waals surface area contributed by atoms with E-state index in [0.29, 0.717) is 31.0 Å². The topological polar surface area (TPSA) is 97.0 Å². The highest BCUT2D eigenvalue weighted by Gasteiger charge is 2.34. The van der Waals surface area contributed by atoms with Gasteiger partial charge in [0.25, 0.3) is 5.91 Å². The lowest BCUT2D eigenvalue weighted by atomic mass is 10.1. The van der Waals surface area contributed by atoms with Crippen molar-refractivity contribution in [2.75, 3.05) is 19.7 Å². The van der Waals surface area contributed by atoms with Gasteiger partial charge in [-0.2, -0.15) is 0 Å². The molecule has 0 saturated carbocycles. The molecule has 2 unspecified atom stereocenters. The number of carbonyl (C=O) groups is 3. The molecule has 0 aromatic heterocycles. The first-order valence-electron chi connectivity index (χ1n) is 14.7. The number of nitrogens with one attached hydrogen (secondary N) is 2. The monoisotopic (exact) mass is 561 g/mol. The Labute approximate surface area is 239 Å². The van der Waals surface area contributed by atoms with Crippen LogP contribution in [0.4, 0.5) is 0 Å². The summed E-state index contributed by atoms with van der Waals surface area (Å²) in [5.74, 6) is -0.550. The normalized spacial score (nSPS) is 15.8. The highest BCUT2D eigenvalue weighted by Crippen LogP contribution is 2.17. The number of unbranched alkanes of at least 4 members (excludes halogenated alkanes) is 9. The Balaban J connectivity index is 1.77. The second-order valence-electron chi connectivity index (χ2n) is 10.2. The van der Waals surface area contributed by atoms with Gasteiger partial charge >= 0.3 is 5.97 Å². The molecule has 218 valence electrons.